The lowest BCUT2D eigenvalue weighted by Gasteiger charge is -2.01. The molecule has 0 fully saturated rings. The molecule has 0 unspecified atom stereocenters. The number of nitrogens with zero attached hydrogens (tertiary/aromatic N) is 4. The lowest BCUT2D eigenvalue weighted by Crippen LogP contribution is -2.14. The summed E-state index contributed by atoms with van der Waals surface area (Å²) in [5.74, 6) is 0. The zero-order valence-corrected chi connectivity index (χ0v) is 10.3. The first-order valence-electron chi connectivity index (χ1n) is 5.58. The third-order valence-electron chi connectivity index (χ3n) is 2.87. The van der Waals surface area contributed by atoms with Crippen molar-refractivity contribution in [2.24, 2.45) is 0 Å². The zero-order chi connectivity index (χ0) is 14.5. The summed E-state index contributed by atoms with van der Waals surface area (Å²) in [7, 11) is 0. The number of rotatable bonds is 0. The molecule has 2 aromatic rings. The summed E-state index contributed by atoms with van der Waals surface area (Å²) in [4.78, 5) is 6.43. The second-order valence-electron chi connectivity index (χ2n) is 3.85. The van der Waals surface area contributed by atoms with Gasteiger partial charge in [-0.15, -0.1) is 0 Å². The van der Waals surface area contributed by atoms with E-state index in [0.29, 0.717) is 21.2 Å². The average molecular weight is 254 g/mol. The molecule has 0 heterocycles. The molecule has 0 spiro atoms. The van der Waals surface area contributed by atoms with Crippen LogP contribution in [0.25, 0.3) is 31.9 Å². The smallest absolute Gasteiger partial charge is 0.226 e. The van der Waals surface area contributed by atoms with Crippen molar-refractivity contribution in [1.29, 1.82) is 10.5 Å². The van der Waals surface area contributed by atoms with Gasteiger partial charge in [0.05, 0.1) is 25.3 Å². The van der Waals surface area contributed by atoms with E-state index in [0.717, 1.165) is 0 Å². The van der Waals surface area contributed by atoms with Gasteiger partial charge in [-0.1, -0.05) is 36.4 Å². The van der Waals surface area contributed by atoms with E-state index in [9.17, 15) is 0 Å². The third kappa shape index (κ3) is 1.95. The van der Waals surface area contributed by atoms with Crippen LogP contribution in [-0.4, -0.2) is 0 Å². The van der Waals surface area contributed by atoms with Crippen LogP contribution in [0.2, 0.25) is 0 Å². The Hall–Kier alpha value is -3.60. The Balaban J connectivity index is 3.21. The van der Waals surface area contributed by atoms with Gasteiger partial charge in [0.15, 0.2) is 0 Å². The summed E-state index contributed by atoms with van der Waals surface area (Å²) in [6.45, 7) is 14.1. The van der Waals surface area contributed by atoms with Crippen molar-refractivity contribution in [3.63, 3.8) is 0 Å². The van der Waals surface area contributed by atoms with Crippen molar-refractivity contribution >= 4 is 22.2 Å². The number of fused-ring (bicyclic) bond motifs is 1. The Kier molecular flexibility index (Phi) is 3.45. The molecule has 0 radical (unpaired) electrons. The van der Waals surface area contributed by atoms with Crippen molar-refractivity contribution in [2.75, 3.05) is 0 Å². The number of nitriles is 2. The topological polar surface area (TPSA) is 56.3 Å². The third-order valence-corrected chi connectivity index (χ3v) is 2.87. The Morgan fingerprint density at radius 3 is 1.50 bits per heavy atom. The SMILES string of the molecule is [C-]#[N+]/C(C#N)=c1\cc/c(=C(/C#N)[N+]#[C-])c2ccccc12. The molecular formula is C16H6N4. The van der Waals surface area contributed by atoms with Crippen molar-refractivity contribution < 1.29 is 0 Å². The molecule has 0 aromatic heterocycles. The predicted octanol–water partition coefficient (Wildman–Crippen LogP) is 1.94. The molecule has 4 heteroatoms. The zero-order valence-electron chi connectivity index (χ0n) is 10.3. The lowest BCUT2D eigenvalue weighted by atomic mass is 10.0. The van der Waals surface area contributed by atoms with E-state index in [1.807, 2.05) is 12.1 Å². The Morgan fingerprint density at radius 1 is 0.800 bits per heavy atom. The first-order chi connectivity index (χ1) is 9.76. The minimum Gasteiger partial charge on any atom is -0.226 e. The Labute approximate surface area is 115 Å². The van der Waals surface area contributed by atoms with Gasteiger partial charge in [0, 0.05) is 0 Å². The molecule has 0 aliphatic heterocycles. The minimum absolute atomic E-state index is 0.00549. The predicted molar refractivity (Wildman–Crippen MR) is 74.4 cm³/mol. The summed E-state index contributed by atoms with van der Waals surface area (Å²) in [6.07, 6.45) is 0. The molecule has 2 rings (SSSR count). The fourth-order valence-electron chi connectivity index (χ4n) is 2.00. The number of hydrogen-bond donors (Lipinski definition) is 0. The second kappa shape index (κ2) is 5.36. The van der Waals surface area contributed by atoms with Gasteiger partial charge >= 0.3 is 0 Å². The first-order valence-corrected chi connectivity index (χ1v) is 5.58. The average Bonchev–Trinajstić information content (AvgIpc) is 2.51. The van der Waals surface area contributed by atoms with E-state index in [-0.39, 0.29) is 11.4 Å². The van der Waals surface area contributed by atoms with Crippen molar-refractivity contribution in [2.45, 2.75) is 0 Å². The van der Waals surface area contributed by atoms with E-state index >= 15 is 0 Å². The molecule has 0 saturated heterocycles. The molecule has 0 aliphatic rings. The van der Waals surface area contributed by atoms with Crippen LogP contribution in [0.5, 0.6) is 0 Å². The molecule has 90 valence electrons. The Bertz CT molecular complexity index is 872. The number of benzene rings is 2. The largest absolute Gasteiger partial charge is 0.269 e. The monoisotopic (exact) mass is 254 g/mol. The molecule has 0 N–H and O–H groups in total. The van der Waals surface area contributed by atoms with E-state index in [1.54, 1.807) is 36.4 Å². The summed E-state index contributed by atoms with van der Waals surface area (Å²) >= 11 is 0. The van der Waals surface area contributed by atoms with Crippen LogP contribution in [0, 0.1) is 35.8 Å². The fraction of sp³-hybridized carbons (Fsp3) is 0. The van der Waals surface area contributed by atoms with Gasteiger partial charge in [0.1, 0.15) is 0 Å². The van der Waals surface area contributed by atoms with Crippen LogP contribution < -0.4 is 10.4 Å². The molecular weight excluding hydrogens is 248 g/mol. The van der Waals surface area contributed by atoms with Gasteiger partial charge in [-0.25, -0.2) is 20.2 Å². The van der Waals surface area contributed by atoms with Gasteiger partial charge in [-0.3, -0.25) is 0 Å². The van der Waals surface area contributed by atoms with E-state index in [1.165, 1.54) is 0 Å². The van der Waals surface area contributed by atoms with Crippen molar-refractivity contribution in [1.82, 2.24) is 0 Å². The quantitative estimate of drug-likeness (QED) is 0.674. The molecule has 0 saturated carbocycles. The highest BCUT2D eigenvalue weighted by molar-refractivity contribution is 5.90. The highest BCUT2D eigenvalue weighted by atomic mass is 14.7. The summed E-state index contributed by atoms with van der Waals surface area (Å²) < 4.78 is 0. The van der Waals surface area contributed by atoms with Crippen LogP contribution >= 0.6 is 0 Å². The maximum absolute atomic E-state index is 9.00. The van der Waals surface area contributed by atoms with Gasteiger partial charge in [-0.05, 0) is 21.2 Å². The standard InChI is InChI=1S/C16H6N4/c1-19-15(9-17)13-7-8-14(16(10-18)20-2)12-6-4-3-5-11(12)13/h3-8H/b15-13+,16-14+. The van der Waals surface area contributed by atoms with Gasteiger partial charge in [-0.2, -0.15) is 0 Å². The van der Waals surface area contributed by atoms with Crippen LogP contribution in [-0.2, 0) is 0 Å². The van der Waals surface area contributed by atoms with E-state index in [2.05, 4.69) is 9.69 Å². The summed E-state index contributed by atoms with van der Waals surface area (Å²) in [6, 6.07) is 14.1. The maximum atomic E-state index is 9.00. The molecule has 0 bridgehead atoms. The molecule has 20 heavy (non-hydrogen) atoms. The number of hydrogen-bond acceptors (Lipinski definition) is 2. The summed E-state index contributed by atoms with van der Waals surface area (Å²) in [5, 5.41) is 20.4. The first kappa shape index (κ1) is 12.8. The van der Waals surface area contributed by atoms with Gasteiger partial charge in [0.2, 0.25) is 0 Å². The van der Waals surface area contributed by atoms with Gasteiger partial charge in [0.25, 0.3) is 11.4 Å². The lowest BCUT2D eigenvalue weighted by molar-refractivity contribution is 1.51. The minimum atomic E-state index is -0.00549. The highest BCUT2D eigenvalue weighted by Crippen LogP contribution is 2.08. The second-order valence-corrected chi connectivity index (χ2v) is 3.85. The van der Waals surface area contributed by atoms with E-state index in [4.69, 9.17) is 23.7 Å². The Morgan fingerprint density at radius 2 is 1.20 bits per heavy atom. The molecule has 0 amide bonds. The molecule has 0 atom stereocenters. The normalized spacial score (nSPS) is 12.4. The van der Waals surface area contributed by atoms with Crippen molar-refractivity contribution in [3.8, 4) is 12.1 Å². The highest BCUT2D eigenvalue weighted by Gasteiger charge is 2.04. The van der Waals surface area contributed by atoms with Gasteiger partial charge < -0.3 is 0 Å². The fourth-order valence-corrected chi connectivity index (χ4v) is 2.00. The maximum Gasteiger partial charge on any atom is 0.269 e. The molecule has 2 aromatic carbocycles. The molecule has 0 aliphatic carbocycles. The van der Waals surface area contributed by atoms with Crippen LogP contribution in [0.15, 0.2) is 36.4 Å². The van der Waals surface area contributed by atoms with Crippen LogP contribution in [0.1, 0.15) is 0 Å². The van der Waals surface area contributed by atoms with Crippen molar-refractivity contribution in [3.05, 3.63) is 69.7 Å². The van der Waals surface area contributed by atoms with E-state index < -0.39 is 0 Å². The van der Waals surface area contributed by atoms with Crippen LogP contribution in [0.3, 0.4) is 0 Å². The molecule has 4 nitrogen and oxygen atoms in total. The van der Waals surface area contributed by atoms with Crippen LogP contribution in [0.4, 0.5) is 0 Å². The summed E-state index contributed by atoms with van der Waals surface area (Å²) in [5.41, 5.74) is -0.0110.